The standard InChI is InChI=1S/C21H17F3O6/c1-27-16-6-7-17-15(8-19(25)30-18(17)9-16)11-29-20(26)14-4-2-13(3-5-14)10-28-12-21(22,23)24/h2-9H,10-12H2,1H3. The van der Waals surface area contributed by atoms with E-state index in [1.54, 1.807) is 18.2 Å². The summed E-state index contributed by atoms with van der Waals surface area (Å²) in [4.78, 5) is 24.0. The predicted octanol–water partition coefficient (Wildman–Crippen LogP) is 4.24. The number of methoxy groups -OCH3 is 1. The molecule has 0 saturated heterocycles. The van der Waals surface area contributed by atoms with Gasteiger partial charge in [-0.25, -0.2) is 9.59 Å². The molecule has 2 aromatic carbocycles. The third-order valence-corrected chi connectivity index (χ3v) is 4.12. The summed E-state index contributed by atoms with van der Waals surface area (Å²) in [5, 5.41) is 0.598. The minimum atomic E-state index is -4.40. The average Bonchev–Trinajstić information content (AvgIpc) is 2.70. The summed E-state index contributed by atoms with van der Waals surface area (Å²) in [6.45, 7) is -1.74. The Balaban J connectivity index is 1.65. The quantitative estimate of drug-likeness (QED) is 0.419. The molecular weight excluding hydrogens is 405 g/mol. The Hall–Kier alpha value is -3.33. The van der Waals surface area contributed by atoms with Crippen LogP contribution in [0, 0.1) is 0 Å². The summed E-state index contributed by atoms with van der Waals surface area (Å²) in [5.41, 5.74) is 0.871. The van der Waals surface area contributed by atoms with Gasteiger partial charge in [0.05, 0.1) is 19.3 Å². The van der Waals surface area contributed by atoms with Crippen LogP contribution in [0.5, 0.6) is 5.75 Å². The van der Waals surface area contributed by atoms with Crippen molar-refractivity contribution >= 4 is 16.9 Å². The summed E-state index contributed by atoms with van der Waals surface area (Å²) in [6.07, 6.45) is -4.40. The second kappa shape index (κ2) is 9.00. The van der Waals surface area contributed by atoms with Gasteiger partial charge in [-0.15, -0.1) is 0 Å². The fourth-order valence-corrected chi connectivity index (χ4v) is 2.70. The largest absolute Gasteiger partial charge is 0.497 e. The maximum absolute atomic E-state index is 12.3. The molecule has 0 aliphatic carbocycles. The topological polar surface area (TPSA) is 75.0 Å². The van der Waals surface area contributed by atoms with Crippen LogP contribution in [0.4, 0.5) is 13.2 Å². The Kier molecular flexibility index (Phi) is 6.41. The Bertz CT molecular complexity index is 1090. The van der Waals surface area contributed by atoms with E-state index in [1.165, 1.54) is 37.4 Å². The molecule has 6 nitrogen and oxygen atoms in total. The maximum Gasteiger partial charge on any atom is 0.411 e. The van der Waals surface area contributed by atoms with Crippen molar-refractivity contribution in [3.63, 3.8) is 0 Å². The molecule has 0 radical (unpaired) electrons. The van der Waals surface area contributed by atoms with E-state index in [1.807, 2.05) is 0 Å². The summed E-state index contributed by atoms with van der Waals surface area (Å²) >= 11 is 0. The first kappa shape index (κ1) is 21.4. The lowest BCUT2D eigenvalue weighted by atomic mass is 10.1. The fraction of sp³-hybridized carbons (Fsp3) is 0.238. The summed E-state index contributed by atoms with van der Waals surface area (Å²) < 4.78 is 56.4. The van der Waals surface area contributed by atoms with Crippen LogP contribution in [-0.4, -0.2) is 25.9 Å². The van der Waals surface area contributed by atoms with Crippen LogP contribution in [-0.2, 0) is 22.7 Å². The highest BCUT2D eigenvalue weighted by atomic mass is 19.4. The van der Waals surface area contributed by atoms with E-state index >= 15 is 0 Å². The Morgan fingerprint density at radius 1 is 1.03 bits per heavy atom. The monoisotopic (exact) mass is 422 g/mol. The number of ether oxygens (including phenoxy) is 3. The molecule has 1 aromatic heterocycles. The van der Waals surface area contributed by atoms with E-state index in [9.17, 15) is 22.8 Å². The molecule has 0 N–H and O–H groups in total. The Labute approximate surface area is 168 Å². The number of hydrogen-bond donors (Lipinski definition) is 0. The number of benzene rings is 2. The van der Waals surface area contributed by atoms with Crippen LogP contribution in [0.3, 0.4) is 0 Å². The molecule has 0 bridgehead atoms. The molecule has 0 amide bonds. The molecule has 0 aliphatic rings. The van der Waals surface area contributed by atoms with Crippen molar-refractivity contribution in [3.8, 4) is 5.75 Å². The van der Waals surface area contributed by atoms with Crippen molar-refractivity contribution in [3.05, 3.63) is 75.6 Å². The molecule has 0 aliphatic heterocycles. The van der Waals surface area contributed by atoms with Gasteiger partial charge >= 0.3 is 17.8 Å². The lowest BCUT2D eigenvalue weighted by Gasteiger charge is -2.09. The third-order valence-electron chi connectivity index (χ3n) is 4.12. The van der Waals surface area contributed by atoms with Gasteiger partial charge in [0.25, 0.3) is 0 Å². The Morgan fingerprint density at radius 3 is 2.43 bits per heavy atom. The van der Waals surface area contributed by atoms with E-state index in [0.29, 0.717) is 27.8 Å². The van der Waals surface area contributed by atoms with Crippen molar-refractivity contribution in [1.82, 2.24) is 0 Å². The molecule has 0 unspecified atom stereocenters. The number of esters is 1. The van der Waals surface area contributed by atoms with E-state index in [0.717, 1.165) is 0 Å². The number of carbonyl (C=O) groups excluding carboxylic acids is 1. The zero-order valence-electron chi connectivity index (χ0n) is 15.8. The highest BCUT2D eigenvalue weighted by Gasteiger charge is 2.27. The van der Waals surface area contributed by atoms with Crippen molar-refractivity contribution < 1.29 is 36.6 Å². The number of carbonyl (C=O) groups is 1. The molecule has 0 spiro atoms. The molecule has 0 atom stereocenters. The molecule has 3 aromatic rings. The smallest absolute Gasteiger partial charge is 0.411 e. The summed E-state index contributed by atoms with van der Waals surface area (Å²) in [5.74, 6) is -0.133. The van der Waals surface area contributed by atoms with Crippen LogP contribution in [0.2, 0.25) is 0 Å². The van der Waals surface area contributed by atoms with Crippen molar-refractivity contribution in [2.75, 3.05) is 13.7 Å². The minimum absolute atomic E-state index is 0.163. The fourth-order valence-electron chi connectivity index (χ4n) is 2.70. The first-order valence-electron chi connectivity index (χ1n) is 8.76. The molecule has 1 heterocycles. The average molecular weight is 422 g/mol. The lowest BCUT2D eigenvalue weighted by molar-refractivity contribution is -0.176. The van der Waals surface area contributed by atoms with Gasteiger partial charge in [-0.05, 0) is 29.8 Å². The van der Waals surface area contributed by atoms with Crippen molar-refractivity contribution in [2.24, 2.45) is 0 Å². The van der Waals surface area contributed by atoms with E-state index in [4.69, 9.17) is 13.9 Å². The predicted molar refractivity (Wildman–Crippen MR) is 100 cm³/mol. The van der Waals surface area contributed by atoms with Crippen LogP contribution in [0.1, 0.15) is 21.5 Å². The molecule has 30 heavy (non-hydrogen) atoms. The second-order valence-electron chi connectivity index (χ2n) is 6.33. The second-order valence-corrected chi connectivity index (χ2v) is 6.33. The first-order valence-corrected chi connectivity index (χ1v) is 8.76. The zero-order chi connectivity index (χ0) is 21.7. The third kappa shape index (κ3) is 5.60. The van der Waals surface area contributed by atoms with Gasteiger partial charge in [0.15, 0.2) is 0 Å². The number of rotatable bonds is 7. The Morgan fingerprint density at radius 2 is 1.77 bits per heavy atom. The van der Waals surface area contributed by atoms with E-state index < -0.39 is 24.4 Å². The molecule has 3 rings (SSSR count). The summed E-state index contributed by atoms with van der Waals surface area (Å²) in [6, 6.07) is 12.0. The minimum Gasteiger partial charge on any atom is -0.497 e. The van der Waals surface area contributed by atoms with Crippen LogP contribution < -0.4 is 10.4 Å². The number of alkyl halides is 3. The molecular formula is C21H17F3O6. The number of hydrogen-bond acceptors (Lipinski definition) is 6. The van der Waals surface area contributed by atoms with Gasteiger partial charge in [0, 0.05) is 23.1 Å². The highest BCUT2D eigenvalue weighted by Crippen LogP contribution is 2.23. The first-order chi connectivity index (χ1) is 14.2. The molecule has 0 fully saturated rings. The lowest BCUT2D eigenvalue weighted by Crippen LogP contribution is -2.16. The highest BCUT2D eigenvalue weighted by molar-refractivity contribution is 5.89. The van der Waals surface area contributed by atoms with E-state index in [2.05, 4.69) is 4.74 Å². The normalized spacial score (nSPS) is 11.5. The maximum atomic E-state index is 12.3. The van der Waals surface area contributed by atoms with Gasteiger partial charge in [-0.1, -0.05) is 12.1 Å². The van der Waals surface area contributed by atoms with Gasteiger partial charge in [0.2, 0.25) is 0 Å². The van der Waals surface area contributed by atoms with Crippen LogP contribution in [0.15, 0.2) is 57.7 Å². The van der Waals surface area contributed by atoms with Crippen molar-refractivity contribution in [1.29, 1.82) is 0 Å². The molecule has 0 saturated carbocycles. The van der Waals surface area contributed by atoms with Gasteiger partial charge in [0.1, 0.15) is 24.5 Å². The van der Waals surface area contributed by atoms with Gasteiger partial charge in [-0.3, -0.25) is 0 Å². The van der Waals surface area contributed by atoms with Crippen molar-refractivity contribution in [2.45, 2.75) is 19.4 Å². The van der Waals surface area contributed by atoms with Gasteiger partial charge < -0.3 is 18.6 Å². The van der Waals surface area contributed by atoms with Crippen LogP contribution in [0.25, 0.3) is 11.0 Å². The van der Waals surface area contributed by atoms with E-state index in [-0.39, 0.29) is 18.8 Å². The molecule has 158 valence electrons. The summed E-state index contributed by atoms with van der Waals surface area (Å²) in [7, 11) is 1.48. The SMILES string of the molecule is COc1ccc2c(COC(=O)c3ccc(COCC(F)(F)F)cc3)cc(=O)oc2c1. The zero-order valence-corrected chi connectivity index (χ0v) is 15.8. The van der Waals surface area contributed by atoms with Gasteiger partial charge in [-0.2, -0.15) is 13.2 Å². The van der Waals surface area contributed by atoms with Crippen LogP contribution >= 0.6 is 0 Å². The number of fused-ring (bicyclic) bond motifs is 1. The number of halogens is 3. The molecule has 9 heteroatoms.